The van der Waals surface area contributed by atoms with E-state index in [1.54, 1.807) is 5.80 Å². The molecule has 0 aliphatic carbocycles. The molecule has 0 aromatic heterocycles. The van der Waals surface area contributed by atoms with Gasteiger partial charge in [0.2, 0.25) is 0 Å². The second-order valence-corrected chi connectivity index (χ2v) is 10.5. The Morgan fingerprint density at radius 3 is 1.81 bits per heavy atom. The number of ether oxygens (including phenoxy) is 1. The minimum atomic E-state index is -2.35. The lowest BCUT2D eigenvalue weighted by molar-refractivity contribution is -0.138. The van der Waals surface area contributed by atoms with Crippen LogP contribution in [0.15, 0.2) is 89.4 Å². The topological polar surface area (TPSA) is 26.3 Å². The zero-order chi connectivity index (χ0) is 19.3. The van der Waals surface area contributed by atoms with E-state index in [2.05, 4.69) is 46.3 Å². The molecule has 0 spiro atoms. The van der Waals surface area contributed by atoms with Gasteiger partial charge in [-0.1, -0.05) is 94.8 Å². The molecule has 0 aliphatic heterocycles. The molecule has 138 valence electrons. The molecule has 0 unspecified atom stereocenters. The fourth-order valence-electron chi connectivity index (χ4n) is 3.13. The molecule has 0 bridgehead atoms. The van der Waals surface area contributed by atoms with E-state index in [0.29, 0.717) is 0 Å². The maximum absolute atomic E-state index is 12.8. The Morgan fingerprint density at radius 1 is 0.852 bits per heavy atom. The van der Waals surface area contributed by atoms with E-state index in [9.17, 15) is 4.79 Å². The highest BCUT2D eigenvalue weighted by atomic mass is 79.9. The summed E-state index contributed by atoms with van der Waals surface area (Å²) in [5.41, 5.74) is 0. The van der Waals surface area contributed by atoms with Gasteiger partial charge in [0.05, 0.1) is 6.10 Å². The first-order chi connectivity index (χ1) is 13.0. The van der Waals surface area contributed by atoms with Crippen LogP contribution in [0.3, 0.4) is 0 Å². The molecule has 0 heterocycles. The van der Waals surface area contributed by atoms with Crippen LogP contribution in [-0.2, 0) is 9.53 Å². The third-order valence-corrected chi connectivity index (χ3v) is 9.18. The van der Waals surface area contributed by atoms with Crippen LogP contribution in [0.4, 0.5) is 0 Å². The first-order valence-electron chi connectivity index (χ1n) is 8.85. The van der Waals surface area contributed by atoms with Gasteiger partial charge in [-0.05, 0) is 42.7 Å². The van der Waals surface area contributed by atoms with E-state index in [1.165, 1.54) is 0 Å². The van der Waals surface area contributed by atoms with Crippen LogP contribution in [0.5, 0.6) is 0 Å². The van der Waals surface area contributed by atoms with Crippen molar-refractivity contribution in [3.05, 3.63) is 89.4 Å². The van der Waals surface area contributed by atoms with E-state index in [-0.39, 0.29) is 12.1 Å². The second-order valence-electron chi connectivity index (χ2n) is 6.46. The monoisotopic (exact) mass is 440 g/mol. The normalized spacial score (nSPS) is 11.3. The molecule has 2 nitrogen and oxygen atoms in total. The number of carbonyl (C=O) groups is 1. The quantitative estimate of drug-likeness (QED) is 0.431. The molecule has 0 saturated heterocycles. The summed E-state index contributed by atoms with van der Waals surface area (Å²) >= 11 is 3.72. The van der Waals surface area contributed by atoms with E-state index >= 15 is 0 Å². The maximum atomic E-state index is 12.8. The van der Waals surface area contributed by atoms with Gasteiger partial charge in [-0.15, -0.1) is 0 Å². The van der Waals surface area contributed by atoms with Crippen molar-refractivity contribution < 1.29 is 9.53 Å². The highest BCUT2D eigenvalue weighted by molar-refractivity contribution is 9.10. The Bertz CT molecular complexity index is 922. The summed E-state index contributed by atoms with van der Waals surface area (Å²) in [7, 11) is 0. The number of rotatable bonds is 5. The van der Waals surface area contributed by atoms with Gasteiger partial charge >= 0.3 is 5.97 Å². The maximum Gasteiger partial charge on any atom is 0.332 e. The smallest absolute Gasteiger partial charge is 0.332 e. The Hall–Kier alpha value is -2.09. The van der Waals surface area contributed by atoms with Gasteiger partial charge < -0.3 is 4.74 Å². The van der Waals surface area contributed by atoms with Crippen LogP contribution in [-0.4, -0.2) is 17.9 Å². The zero-order valence-electron chi connectivity index (χ0n) is 15.4. The van der Waals surface area contributed by atoms with Crippen LogP contribution >= 0.6 is 22.8 Å². The number of hydrogen-bond donors (Lipinski definition) is 0. The summed E-state index contributed by atoms with van der Waals surface area (Å²) in [6.45, 7) is 1.39. The molecule has 3 rings (SSSR count). The van der Waals surface area contributed by atoms with Gasteiger partial charge in [0.1, 0.15) is 0 Å². The first-order valence-corrected chi connectivity index (χ1v) is 11.5. The average molecular weight is 441 g/mol. The molecule has 0 saturated carbocycles. The molecule has 0 amide bonds. The van der Waals surface area contributed by atoms with Crippen molar-refractivity contribution >= 4 is 50.5 Å². The van der Waals surface area contributed by atoms with Gasteiger partial charge in [0.15, 0.2) is 0 Å². The highest BCUT2D eigenvalue weighted by Gasteiger charge is 2.28. The Kier molecular flexibility index (Phi) is 6.36. The summed E-state index contributed by atoms with van der Waals surface area (Å²) in [5.74, 6) is 1.51. The minimum absolute atomic E-state index is 0.165. The zero-order valence-corrected chi connectivity index (χ0v) is 17.9. The standard InChI is InChI=1S/C23H22BrO2P/c1-18(2)26-23(25)17-27(19-11-5-3-6-12-19,20-13-7-4-8-14-20)22-16-10-9-15-21(22)24/h3-18H,1-2H3. The van der Waals surface area contributed by atoms with Crippen molar-refractivity contribution in [2.24, 2.45) is 0 Å². The first kappa shape index (κ1) is 19.7. The third-order valence-electron chi connectivity index (χ3n) is 4.21. The van der Waals surface area contributed by atoms with Gasteiger partial charge in [-0.2, -0.15) is 0 Å². The predicted molar refractivity (Wildman–Crippen MR) is 120 cm³/mol. The number of halogens is 1. The Labute approximate surface area is 169 Å². The molecular weight excluding hydrogens is 419 g/mol. The van der Waals surface area contributed by atoms with E-state index in [4.69, 9.17) is 4.74 Å². The number of benzene rings is 3. The van der Waals surface area contributed by atoms with Crippen LogP contribution in [0.25, 0.3) is 0 Å². The van der Waals surface area contributed by atoms with E-state index < -0.39 is 6.89 Å². The van der Waals surface area contributed by atoms with Crippen LogP contribution in [0.1, 0.15) is 13.8 Å². The summed E-state index contributed by atoms with van der Waals surface area (Å²) in [4.78, 5) is 12.8. The number of esters is 1. The molecule has 0 atom stereocenters. The molecule has 27 heavy (non-hydrogen) atoms. The largest absolute Gasteiger partial charge is 0.460 e. The van der Waals surface area contributed by atoms with Crippen molar-refractivity contribution in [2.75, 3.05) is 0 Å². The number of hydrogen-bond acceptors (Lipinski definition) is 2. The van der Waals surface area contributed by atoms with Gasteiger partial charge in [-0.25, -0.2) is 4.79 Å². The lowest BCUT2D eigenvalue weighted by atomic mass is 10.4. The molecule has 0 fully saturated rings. The minimum Gasteiger partial charge on any atom is -0.460 e. The summed E-state index contributed by atoms with van der Waals surface area (Å²) in [6.07, 6.45) is -0.165. The van der Waals surface area contributed by atoms with Crippen molar-refractivity contribution in [3.63, 3.8) is 0 Å². The van der Waals surface area contributed by atoms with Gasteiger partial charge in [-0.3, -0.25) is 0 Å². The van der Waals surface area contributed by atoms with Gasteiger partial charge in [0.25, 0.3) is 0 Å². The van der Waals surface area contributed by atoms with Crippen molar-refractivity contribution in [1.82, 2.24) is 0 Å². The van der Waals surface area contributed by atoms with E-state index in [0.717, 1.165) is 20.4 Å². The molecule has 0 aliphatic rings. The molecule has 3 aromatic carbocycles. The lowest BCUT2D eigenvalue weighted by Gasteiger charge is -2.29. The summed E-state index contributed by atoms with van der Waals surface area (Å²) < 4.78 is 6.51. The molecule has 4 heteroatoms. The van der Waals surface area contributed by atoms with Crippen molar-refractivity contribution in [3.8, 4) is 0 Å². The molecular formula is C23H22BrO2P. The second kappa shape index (κ2) is 8.73. The lowest BCUT2D eigenvalue weighted by Crippen LogP contribution is -2.30. The van der Waals surface area contributed by atoms with Crippen molar-refractivity contribution in [1.29, 1.82) is 0 Å². The van der Waals surface area contributed by atoms with Crippen molar-refractivity contribution in [2.45, 2.75) is 20.0 Å². The summed E-state index contributed by atoms with van der Waals surface area (Å²) in [5, 5.41) is 3.33. The van der Waals surface area contributed by atoms with Crippen LogP contribution in [0, 0.1) is 0 Å². The Morgan fingerprint density at radius 2 is 1.33 bits per heavy atom. The third kappa shape index (κ3) is 4.26. The van der Waals surface area contributed by atoms with Crippen LogP contribution < -0.4 is 15.9 Å². The number of carbonyl (C=O) groups excluding carboxylic acids is 1. The fourth-order valence-corrected chi connectivity index (χ4v) is 7.94. The average Bonchev–Trinajstić information content (AvgIpc) is 2.67. The predicted octanol–water partition coefficient (Wildman–Crippen LogP) is 4.50. The van der Waals surface area contributed by atoms with Gasteiger partial charge in [0, 0.05) is 10.3 Å². The SMILES string of the molecule is CC(C)OC(=O)C=P(c1ccccc1)(c1ccccc1)c1ccccc1Br. The van der Waals surface area contributed by atoms with E-state index in [1.807, 2.05) is 68.4 Å². The van der Waals surface area contributed by atoms with Crippen LogP contribution in [0.2, 0.25) is 0 Å². The fraction of sp³-hybridized carbons (Fsp3) is 0.130. The Balaban J connectivity index is 2.41. The molecule has 0 radical (unpaired) electrons. The summed E-state index contributed by atoms with van der Waals surface area (Å²) in [6, 6.07) is 28.6. The molecule has 3 aromatic rings. The highest BCUT2D eigenvalue weighted by Crippen LogP contribution is 2.45. The molecule has 0 N–H and O–H groups in total.